The van der Waals surface area contributed by atoms with Gasteiger partial charge in [0.1, 0.15) is 6.04 Å². The van der Waals surface area contributed by atoms with Gasteiger partial charge in [-0.25, -0.2) is 0 Å². The van der Waals surface area contributed by atoms with Crippen LogP contribution >= 0.6 is 0 Å². The summed E-state index contributed by atoms with van der Waals surface area (Å²) < 4.78 is 0.965. The summed E-state index contributed by atoms with van der Waals surface area (Å²) in [7, 11) is 1.32. The van der Waals surface area contributed by atoms with E-state index in [9.17, 15) is 14.5 Å². The van der Waals surface area contributed by atoms with Crippen LogP contribution in [0.2, 0.25) is 0 Å². The van der Waals surface area contributed by atoms with Gasteiger partial charge < -0.3 is 16.2 Å². The van der Waals surface area contributed by atoms with Gasteiger partial charge in [-0.3, -0.25) is 14.2 Å². The third kappa shape index (κ3) is 3.59. The smallest absolute Gasteiger partial charge is 0.480 e. The molecule has 1 unspecified atom stereocenters. The van der Waals surface area contributed by atoms with Gasteiger partial charge in [0, 0.05) is 7.05 Å². The van der Waals surface area contributed by atoms with Crippen molar-refractivity contribution in [1.29, 1.82) is 0 Å². The molecule has 0 saturated carbocycles. The Kier molecular flexibility index (Phi) is 6.63. The number of nitrogens with two attached hydrogens (primary N) is 1. The van der Waals surface area contributed by atoms with E-state index in [-0.39, 0.29) is 63.2 Å². The summed E-state index contributed by atoms with van der Waals surface area (Å²) in [6.45, 7) is 1.37. The van der Waals surface area contributed by atoms with E-state index in [1.165, 1.54) is 14.0 Å². The van der Waals surface area contributed by atoms with E-state index in [4.69, 9.17) is 10.8 Å². The van der Waals surface area contributed by atoms with Crippen molar-refractivity contribution in [3.8, 4) is 0 Å². The molecule has 92 valence electrons. The zero-order valence-electron chi connectivity index (χ0n) is 10.2. The number of rotatable bonds is 4. The number of nitrogens with one attached hydrogen (secondary N) is 1. The van der Waals surface area contributed by atoms with Crippen LogP contribution in [-0.2, 0) is 11.8 Å². The average molecular weight is 280 g/mol. The van der Waals surface area contributed by atoms with E-state index in [1.54, 1.807) is 0 Å². The van der Waals surface area contributed by atoms with Crippen molar-refractivity contribution in [2.45, 2.75) is 13.0 Å². The van der Waals surface area contributed by atoms with Gasteiger partial charge in [0.25, 0.3) is 5.56 Å². The molecule has 10 heteroatoms. The molecule has 0 aliphatic heterocycles. The third-order valence-corrected chi connectivity index (χ3v) is 2.10. The molecule has 9 nitrogen and oxygen atoms in total. The maximum atomic E-state index is 11.6. The zero-order chi connectivity index (χ0) is 13.2. The number of nitroso groups, excluding NO2 is 1. The maximum absolute atomic E-state index is 11.6. The molecule has 1 atom stereocenters. The van der Waals surface area contributed by atoms with Crippen molar-refractivity contribution in [3.05, 3.63) is 15.3 Å². The number of aromatic nitrogens is 2. The standard InChI is InChI=1S/C8H11N5O4.K/c1-3(7(15)16)10-8-11-5(9)4(12-17)6(14)13(8)2;/h3H,9H2,1-2H3,(H,10,11)(H,15,16);/q;+1. The van der Waals surface area contributed by atoms with Gasteiger partial charge >= 0.3 is 57.4 Å². The van der Waals surface area contributed by atoms with Gasteiger partial charge in [0.15, 0.2) is 5.82 Å². The van der Waals surface area contributed by atoms with E-state index in [0.717, 1.165) is 4.57 Å². The average Bonchev–Trinajstić information content (AvgIpc) is 2.26. The Morgan fingerprint density at radius 3 is 2.61 bits per heavy atom. The largest absolute Gasteiger partial charge is 1.00 e. The first-order chi connectivity index (χ1) is 7.88. The maximum Gasteiger partial charge on any atom is 1.00 e. The molecular formula is C8H11KN5O4+. The molecule has 1 aromatic rings. The van der Waals surface area contributed by atoms with Gasteiger partial charge in [-0.1, -0.05) is 0 Å². The van der Waals surface area contributed by atoms with Crippen LogP contribution in [0.4, 0.5) is 17.5 Å². The molecule has 1 aromatic heterocycles. The molecular weight excluding hydrogens is 269 g/mol. The summed E-state index contributed by atoms with van der Waals surface area (Å²) in [5.74, 6) is -1.51. The molecule has 0 aliphatic rings. The second-order valence-corrected chi connectivity index (χ2v) is 3.33. The predicted molar refractivity (Wildman–Crippen MR) is 60.1 cm³/mol. The summed E-state index contributed by atoms with van der Waals surface area (Å²) in [6.07, 6.45) is 0. The Morgan fingerprint density at radius 1 is 1.61 bits per heavy atom. The summed E-state index contributed by atoms with van der Waals surface area (Å²) in [4.78, 5) is 36.2. The van der Waals surface area contributed by atoms with E-state index < -0.39 is 23.3 Å². The minimum absolute atomic E-state index is 0. The van der Waals surface area contributed by atoms with Crippen LogP contribution in [0.25, 0.3) is 0 Å². The number of carbonyl (C=O) groups is 1. The van der Waals surface area contributed by atoms with Crippen molar-refractivity contribution in [3.63, 3.8) is 0 Å². The third-order valence-electron chi connectivity index (χ3n) is 2.10. The summed E-state index contributed by atoms with van der Waals surface area (Å²) in [6, 6.07) is -0.956. The molecule has 0 fully saturated rings. The van der Waals surface area contributed by atoms with Crippen LogP contribution in [0.5, 0.6) is 0 Å². The van der Waals surface area contributed by atoms with Crippen LogP contribution in [0.1, 0.15) is 6.92 Å². The van der Waals surface area contributed by atoms with Crippen molar-refractivity contribution in [1.82, 2.24) is 9.55 Å². The van der Waals surface area contributed by atoms with Gasteiger partial charge in [-0.05, 0) is 12.1 Å². The zero-order valence-corrected chi connectivity index (χ0v) is 13.3. The van der Waals surface area contributed by atoms with Crippen molar-refractivity contribution >= 4 is 23.4 Å². The number of nitrogen functional groups attached to an aromatic ring is 1. The number of nitrogens with zero attached hydrogens (tertiary/aromatic N) is 3. The van der Waals surface area contributed by atoms with Crippen molar-refractivity contribution < 1.29 is 61.3 Å². The fourth-order valence-electron chi connectivity index (χ4n) is 1.08. The fraction of sp³-hybridized carbons (Fsp3) is 0.375. The molecule has 1 heterocycles. The van der Waals surface area contributed by atoms with E-state index in [2.05, 4.69) is 15.5 Å². The number of anilines is 2. The molecule has 4 N–H and O–H groups in total. The number of carboxylic acid groups (broad SMARTS) is 1. The predicted octanol–water partition coefficient (Wildman–Crippen LogP) is -3.35. The molecule has 0 spiro atoms. The van der Waals surface area contributed by atoms with Gasteiger partial charge in [-0.15, -0.1) is 4.91 Å². The summed E-state index contributed by atoms with van der Waals surface area (Å²) >= 11 is 0. The van der Waals surface area contributed by atoms with Crippen LogP contribution in [0.15, 0.2) is 9.97 Å². The monoisotopic (exact) mass is 280 g/mol. The topological polar surface area (TPSA) is 140 Å². The second kappa shape index (κ2) is 6.94. The number of aliphatic carboxylic acids is 1. The number of carboxylic acids is 1. The Balaban J connectivity index is 0.00000289. The quantitative estimate of drug-likeness (QED) is 0.386. The molecule has 0 radical (unpaired) electrons. The molecule has 0 aromatic carbocycles. The summed E-state index contributed by atoms with van der Waals surface area (Å²) in [5, 5.41) is 13.6. The van der Waals surface area contributed by atoms with Crippen LogP contribution in [0.3, 0.4) is 0 Å². The van der Waals surface area contributed by atoms with E-state index in [1.807, 2.05) is 0 Å². The van der Waals surface area contributed by atoms with Crippen molar-refractivity contribution in [2.75, 3.05) is 11.1 Å². The van der Waals surface area contributed by atoms with E-state index >= 15 is 0 Å². The number of hydrogen-bond donors (Lipinski definition) is 3. The van der Waals surface area contributed by atoms with Crippen LogP contribution < -0.4 is 68.0 Å². The molecule has 1 rings (SSSR count). The van der Waals surface area contributed by atoms with Gasteiger partial charge in [-0.2, -0.15) is 4.98 Å². The Morgan fingerprint density at radius 2 is 2.17 bits per heavy atom. The fourth-order valence-corrected chi connectivity index (χ4v) is 1.08. The van der Waals surface area contributed by atoms with Gasteiger partial charge in [0.05, 0.1) is 0 Å². The minimum atomic E-state index is -1.12. The van der Waals surface area contributed by atoms with Crippen LogP contribution in [0, 0.1) is 4.91 Å². The molecule has 0 aliphatic carbocycles. The van der Waals surface area contributed by atoms with E-state index in [0.29, 0.717) is 0 Å². The SMILES string of the molecule is CC(Nc1nc(N)c(N=O)c(=O)n1C)C(=O)O.[K+]. The summed E-state index contributed by atoms with van der Waals surface area (Å²) in [5.41, 5.74) is 4.11. The molecule has 0 amide bonds. The first-order valence-corrected chi connectivity index (χ1v) is 4.57. The van der Waals surface area contributed by atoms with Gasteiger partial charge in [0.2, 0.25) is 11.6 Å². The van der Waals surface area contributed by atoms with Crippen molar-refractivity contribution in [2.24, 2.45) is 12.2 Å². The molecule has 0 bridgehead atoms. The second-order valence-electron chi connectivity index (χ2n) is 3.33. The Bertz CT molecular complexity index is 529. The Labute approximate surface area is 144 Å². The van der Waals surface area contributed by atoms with Crippen LogP contribution in [-0.4, -0.2) is 26.7 Å². The number of hydrogen-bond acceptors (Lipinski definition) is 7. The molecule has 0 saturated heterocycles. The first kappa shape index (κ1) is 17.2. The molecule has 18 heavy (non-hydrogen) atoms. The Hall–Kier alpha value is -0.814. The minimum Gasteiger partial charge on any atom is -0.480 e. The normalized spacial score (nSPS) is 11.2. The first-order valence-electron chi connectivity index (χ1n) is 4.57.